The van der Waals surface area contributed by atoms with E-state index in [1.165, 1.54) is 6.42 Å². The molecule has 0 bridgehead atoms. The van der Waals surface area contributed by atoms with E-state index in [0.29, 0.717) is 6.04 Å². The first-order valence-corrected chi connectivity index (χ1v) is 6.78. The smallest absolute Gasteiger partial charge is 0.142 e. The number of aryl methyl sites for hydroxylation is 1. The fourth-order valence-corrected chi connectivity index (χ4v) is 2.77. The second kappa shape index (κ2) is 5.37. The Hall–Kier alpha value is -0.930. The number of rotatable bonds is 3. The third kappa shape index (κ3) is 2.43. The van der Waals surface area contributed by atoms with Crippen molar-refractivity contribution in [1.29, 1.82) is 0 Å². The number of ether oxygens (including phenoxy) is 1. The van der Waals surface area contributed by atoms with Crippen LogP contribution in [0.1, 0.15) is 30.4 Å². The third-order valence-corrected chi connectivity index (χ3v) is 4.35. The van der Waals surface area contributed by atoms with Crippen molar-refractivity contribution in [3.8, 4) is 5.75 Å². The first kappa shape index (κ1) is 13.5. The average molecular weight is 269 g/mol. The topological polar surface area (TPSA) is 47.3 Å². The highest BCUT2D eigenvalue weighted by molar-refractivity contribution is 6.32. The second-order valence-electron chi connectivity index (χ2n) is 5.06. The van der Waals surface area contributed by atoms with Crippen LogP contribution < -0.4 is 15.8 Å². The maximum atomic E-state index is 6.31. The molecule has 0 amide bonds. The second-order valence-corrected chi connectivity index (χ2v) is 5.43. The normalized spacial score (nSPS) is 23.2. The van der Waals surface area contributed by atoms with Crippen LogP contribution in [0.4, 0.5) is 5.69 Å². The largest absolute Gasteiger partial charge is 0.495 e. The van der Waals surface area contributed by atoms with Crippen molar-refractivity contribution < 1.29 is 4.74 Å². The van der Waals surface area contributed by atoms with E-state index in [4.69, 9.17) is 22.1 Å². The molecule has 1 fully saturated rings. The van der Waals surface area contributed by atoms with E-state index in [9.17, 15) is 0 Å². The minimum Gasteiger partial charge on any atom is -0.495 e. The summed E-state index contributed by atoms with van der Waals surface area (Å²) in [7, 11) is 1.68. The van der Waals surface area contributed by atoms with E-state index >= 15 is 0 Å². The maximum absolute atomic E-state index is 6.31. The van der Waals surface area contributed by atoms with Gasteiger partial charge in [-0.2, -0.15) is 0 Å². The van der Waals surface area contributed by atoms with Crippen LogP contribution in [0, 0.1) is 13.8 Å². The van der Waals surface area contributed by atoms with Crippen molar-refractivity contribution in [2.45, 2.75) is 45.2 Å². The molecule has 1 aliphatic carbocycles. The van der Waals surface area contributed by atoms with Gasteiger partial charge in [-0.25, -0.2) is 0 Å². The van der Waals surface area contributed by atoms with Gasteiger partial charge in [-0.1, -0.05) is 11.6 Å². The molecular weight excluding hydrogens is 248 g/mol. The van der Waals surface area contributed by atoms with Gasteiger partial charge in [0.25, 0.3) is 0 Å². The van der Waals surface area contributed by atoms with Crippen LogP contribution in [0.25, 0.3) is 0 Å². The molecule has 100 valence electrons. The molecule has 1 aliphatic rings. The molecule has 1 aromatic rings. The zero-order valence-electron chi connectivity index (χ0n) is 11.2. The zero-order valence-corrected chi connectivity index (χ0v) is 12.0. The summed E-state index contributed by atoms with van der Waals surface area (Å²) in [6.07, 6.45) is 3.37. The molecule has 0 heterocycles. The molecule has 1 aromatic carbocycles. The summed E-state index contributed by atoms with van der Waals surface area (Å²) in [5, 5.41) is 4.31. The number of halogens is 1. The van der Waals surface area contributed by atoms with Crippen molar-refractivity contribution in [1.82, 2.24) is 0 Å². The molecule has 4 heteroatoms. The van der Waals surface area contributed by atoms with Gasteiger partial charge in [0, 0.05) is 17.1 Å². The Morgan fingerprint density at radius 1 is 1.39 bits per heavy atom. The van der Waals surface area contributed by atoms with Gasteiger partial charge in [-0.3, -0.25) is 0 Å². The lowest BCUT2D eigenvalue weighted by Crippen LogP contribution is -2.35. The minimum absolute atomic E-state index is 0.217. The lowest BCUT2D eigenvalue weighted by molar-refractivity contribution is 0.415. The van der Waals surface area contributed by atoms with Crippen molar-refractivity contribution in [2.75, 3.05) is 12.4 Å². The van der Waals surface area contributed by atoms with Gasteiger partial charge in [0.1, 0.15) is 5.75 Å². The van der Waals surface area contributed by atoms with Crippen molar-refractivity contribution in [3.63, 3.8) is 0 Å². The van der Waals surface area contributed by atoms with Gasteiger partial charge < -0.3 is 15.8 Å². The Bertz CT molecular complexity index is 448. The van der Waals surface area contributed by atoms with Gasteiger partial charge in [0.15, 0.2) is 0 Å². The number of anilines is 1. The van der Waals surface area contributed by atoms with E-state index in [2.05, 4.69) is 5.32 Å². The van der Waals surface area contributed by atoms with Crippen LogP contribution in [0.15, 0.2) is 6.07 Å². The summed E-state index contributed by atoms with van der Waals surface area (Å²) in [6, 6.07) is 2.50. The Labute approximate surface area is 114 Å². The molecule has 3 N–H and O–H groups in total. The molecule has 2 rings (SSSR count). The fourth-order valence-electron chi connectivity index (χ4n) is 2.62. The first-order valence-electron chi connectivity index (χ1n) is 6.40. The first-order chi connectivity index (χ1) is 8.54. The van der Waals surface area contributed by atoms with Crippen LogP contribution in [0.2, 0.25) is 5.02 Å². The molecule has 2 atom stereocenters. The predicted molar refractivity (Wildman–Crippen MR) is 76.7 cm³/mol. The molecule has 0 aromatic heterocycles. The van der Waals surface area contributed by atoms with Crippen molar-refractivity contribution >= 4 is 17.3 Å². The summed E-state index contributed by atoms with van der Waals surface area (Å²) in [5.74, 6) is 0.841. The quantitative estimate of drug-likeness (QED) is 0.885. The Balaban J connectivity index is 2.33. The molecule has 2 unspecified atom stereocenters. The average Bonchev–Trinajstić information content (AvgIpc) is 2.75. The van der Waals surface area contributed by atoms with E-state index in [1.807, 2.05) is 19.9 Å². The van der Waals surface area contributed by atoms with Crippen LogP contribution in [0.3, 0.4) is 0 Å². The van der Waals surface area contributed by atoms with E-state index in [0.717, 1.165) is 40.4 Å². The molecule has 0 saturated heterocycles. The third-order valence-electron chi connectivity index (χ3n) is 3.76. The van der Waals surface area contributed by atoms with Gasteiger partial charge in [-0.15, -0.1) is 0 Å². The SMILES string of the molecule is COc1cc(C)c(Cl)c(C)c1NC1CCCC1N. The molecule has 1 saturated carbocycles. The fraction of sp³-hybridized carbons (Fsp3) is 0.571. The lowest BCUT2D eigenvalue weighted by Gasteiger charge is -2.23. The van der Waals surface area contributed by atoms with Gasteiger partial charge in [0.05, 0.1) is 12.8 Å². The minimum atomic E-state index is 0.217. The zero-order chi connectivity index (χ0) is 13.3. The van der Waals surface area contributed by atoms with Crippen LogP contribution in [0.5, 0.6) is 5.75 Å². The van der Waals surface area contributed by atoms with Crippen molar-refractivity contribution in [2.24, 2.45) is 5.73 Å². The highest BCUT2D eigenvalue weighted by Gasteiger charge is 2.25. The van der Waals surface area contributed by atoms with Crippen LogP contribution in [-0.2, 0) is 0 Å². The summed E-state index contributed by atoms with van der Waals surface area (Å²) < 4.78 is 5.45. The van der Waals surface area contributed by atoms with Gasteiger partial charge in [0.2, 0.25) is 0 Å². The Kier molecular flexibility index (Phi) is 4.03. The van der Waals surface area contributed by atoms with E-state index in [-0.39, 0.29) is 6.04 Å². The highest BCUT2D eigenvalue weighted by Crippen LogP contribution is 2.37. The van der Waals surface area contributed by atoms with E-state index < -0.39 is 0 Å². The molecule has 0 aliphatic heterocycles. The van der Waals surface area contributed by atoms with Crippen LogP contribution >= 0.6 is 11.6 Å². The van der Waals surface area contributed by atoms with Gasteiger partial charge >= 0.3 is 0 Å². The molecule has 0 radical (unpaired) electrons. The standard InChI is InChI=1S/C14H21ClN2O/c1-8-7-12(18-3)14(9(2)13(8)15)17-11-6-4-5-10(11)16/h7,10-11,17H,4-6,16H2,1-3H3. The van der Waals surface area contributed by atoms with E-state index in [1.54, 1.807) is 7.11 Å². The summed E-state index contributed by atoms with van der Waals surface area (Å²) in [5.41, 5.74) is 9.15. The summed E-state index contributed by atoms with van der Waals surface area (Å²) >= 11 is 6.31. The van der Waals surface area contributed by atoms with Crippen LogP contribution in [-0.4, -0.2) is 19.2 Å². The number of nitrogens with one attached hydrogen (secondary N) is 1. The van der Waals surface area contributed by atoms with Gasteiger partial charge in [-0.05, 0) is 50.3 Å². The molecule has 0 spiro atoms. The molecule has 18 heavy (non-hydrogen) atoms. The Morgan fingerprint density at radius 3 is 2.67 bits per heavy atom. The lowest BCUT2D eigenvalue weighted by atomic mass is 10.1. The predicted octanol–water partition coefficient (Wildman–Crippen LogP) is 3.26. The highest BCUT2D eigenvalue weighted by atomic mass is 35.5. The monoisotopic (exact) mass is 268 g/mol. The summed E-state index contributed by atoms with van der Waals surface area (Å²) in [4.78, 5) is 0. The number of hydrogen-bond donors (Lipinski definition) is 2. The molecular formula is C14H21ClN2O. The number of nitrogens with two attached hydrogens (primary N) is 1. The number of methoxy groups -OCH3 is 1. The molecule has 3 nitrogen and oxygen atoms in total. The van der Waals surface area contributed by atoms with Crippen molar-refractivity contribution in [3.05, 3.63) is 22.2 Å². The Morgan fingerprint density at radius 2 is 2.11 bits per heavy atom. The number of benzene rings is 1. The maximum Gasteiger partial charge on any atom is 0.142 e. The number of hydrogen-bond acceptors (Lipinski definition) is 3. The summed E-state index contributed by atoms with van der Waals surface area (Å²) in [6.45, 7) is 4.00.